The Morgan fingerprint density at radius 2 is 1.89 bits per heavy atom. The van der Waals surface area contributed by atoms with Gasteiger partial charge in [-0.05, 0) is 45.7 Å². The van der Waals surface area contributed by atoms with Crippen LogP contribution in [0.25, 0.3) is 0 Å². The van der Waals surface area contributed by atoms with Gasteiger partial charge in [0, 0.05) is 13.7 Å². The fourth-order valence-corrected chi connectivity index (χ4v) is 1.54. The second-order valence-corrected chi connectivity index (χ2v) is 4.62. The van der Waals surface area contributed by atoms with Crippen molar-refractivity contribution in [2.24, 2.45) is 5.73 Å². The molecule has 19 heavy (non-hydrogen) atoms. The Hall–Kier alpha value is -0.980. The average Bonchev–Trinajstić information content (AvgIpc) is 2.38. The van der Waals surface area contributed by atoms with Gasteiger partial charge in [-0.15, -0.1) is 0 Å². The predicted octanol–water partition coefficient (Wildman–Crippen LogP) is -0.185. The van der Waals surface area contributed by atoms with Gasteiger partial charge in [-0.1, -0.05) is 0 Å². The number of unbranched alkanes of at least 4 members (excludes halogenated alkanes) is 1. The van der Waals surface area contributed by atoms with Crippen LogP contribution >= 0.6 is 0 Å². The fraction of sp³-hybridized carbons (Fsp3) is 0.846. The van der Waals surface area contributed by atoms with E-state index in [0.29, 0.717) is 6.42 Å². The van der Waals surface area contributed by atoms with Crippen molar-refractivity contribution >= 4 is 11.7 Å². The van der Waals surface area contributed by atoms with Gasteiger partial charge in [0.2, 0.25) is 5.91 Å². The van der Waals surface area contributed by atoms with Gasteiger partial charge < -0.3 is 21.1 Å². The summed E-state index contributed by atoms with van der Waals surface area (Å²) in [4.78, 5) is 22.2. The molecule has 0 heterocycles. The summed E-state index contributed by atoms with van der Waals surface area (Å²) in [6.45, 7) is 4.09. The monoisotopic (exact) mass is 273 g/mol. The smallest absolute Gasteiger partial charge is 0.237 e. The zero-order chi connectivity index (χ0) is 14.5. The third-order valence-electron chi connectivity index (χ3n) is 2.67. The van der Waals surface area contributed by atoms with Gasteiger partial charge in [0.1, 0.15) is 5.78 Å². The lowest BCUT2D eigenvalue weighted by Crippen LogP contribution is -2.42. The Morgan fingerprint density at radius 1 is 1.21 bits per heavy atom. The SMILES string of the molecule is COCCCCNCCCC(N)C(=O)NCC(C)=O. The highest BCUT2D eigenvalue weighted by molar-refractivity contribution is 5.87. The molecule has 0 aliphatic carbocycles. The molecular weight excluding hydrogens is 246 g/mol. The third-order valence-corrected chi connectivity index (χ3v) is 2.67. The summed E-state index contributed by atoms with van der Waals surface area (Å²) >= 11 is 0. The summed E-state index contributed by atoms with van der Waals surface area (Å²) in [5.41, 5.74) is 5.72. The summed E-state index contributed by atoms with van der Waals surface area (Å²) in [5, 5.41) is 5.80. The van der Waals surface area contributed by atoms with Crippen LogP contribution in [0.2, 0.25) is 0 Å². The first-order valence-corrected chi connectivity index (χ1v) is 6.80. The number of rotatable bonds is 12. The molecule has 1 amide bonds. The van der Waals surface area contributed by atoms with Crippen LogP contribution in [0, 0.1) is 0 Å². The third kappa shape index (κ3) is 11.8. The highest BCUT2D eigenvalue weighted by atomic mass is 16.5. The molecule has 0 aliphatic rings. The maximum absolute atomic E-state index is 11.5. The first kappa shape index (κ1) is 18.0. The summed E-state index contributed by atoms with van der Waals surface area (Å²) < 4.78 is 4.95. The molecule has 6 heteroatoms. The van der Waals surface area contributed by atoms with Gasteiger partial charge in [0.25, 0.3) is 0 Å². The highest BCUT2D eigenvalue weighted by Crippen LogP contribution is 1.94. The fourth-order valence-electron chi connectivity index (χ4n) is 1.54. The van der Waals surface area contributed by atoms with E-state index in [1.165, 1.54) is 6.92 Å². The topological polar surface area (TPSA) is 93.4 Å². The Morgan fingerprint density at radius 3 is 2.53 bits per heavy atom. The van der Waals surface area contributed by atoms with Crippen LogP contribution in [0.1, 0.15) is 32.6 Å². The van der Waals surface area contributed by atoms with E-state index in [4.69, 9.17) is 10.5 Å². The molecule has 0 bridgehead atoms. The van der Waals surface area contributed by atoms with Crippen molar-refractivity contribution in [2.75, 3.05) is 33.4 Å². The second kappa shape index (κ2) is 12.1. The number of hydrogen-bond donors (Lipinski definition) is 3. The molecule has 1 atom stereocenters. The molecule has 0 aliphatic heterocycles. The number of amides is 1. The molecule has 0 spiro atoms. The maximum atomic E-state index is 11.5. The van der Waals surface area contributed by atoms with E-state index in [9.17, 15) is 9.59 Å². The molecule has 0 saturated carbocycles. The lowest BCUT2D eigenvalue weighted by Gasteiger charge is -2.11. The van der Waals surface area contributed by atoms with E-state index in [2.05, 4.69) is 10.6 Å². The number of nitrogens with one attached hydrogen (secondary N) is 2. The molecule has 0 radical (unpaired) electrons. The van der Waals surface area contributed by atoms with Crippen LogP contribution in [-0.4, -0.2) is 51.1 Å². The highest BCUT2D eigenvalue weighted by Gasteiger charge is 2.12. The van der Waals surface area contributed by atoms with Crippen molar-refractivity contribution in [3.8, 4) is 0 Å². The van der Waals surface area contributed by atoms with Crippen LogP contribution < -0.4 is 16.4 Å². The largest absolute Gasteiger partial charge is 0.385 e. The Balaban J connectivity index is 3.39. The Labute approximate surface area is 115 Å². The number of Topliss-reactive ketones (excluding diaryl/α,β-unsaturated/α-hetero) is 1. The first-order chi connectivity index (χ1) is 9.07. The number of methoxy groups -OCH3 is 1. The van der Waals surface area contributed by atoms with Crippen LogP contribution in [0.5, 0.6) is 0 Å². The minimum absolute atomic E-state index is 0.0598. The van der Waals surface area contributed by atoms with Gasteiger partial charge in [-0.25, -0.2) is 0 Å². The van der Waals surface area contributed by atoms with Gasteiger partial charge in [-0.2, -0.15) is 0 Å². The number of nitrogens with two attached hydrogens (primary N) is 1. The molecule has 0 aromatic carbocycles. The lowest BCUT2D eigenvalue weighted by atomic mass is 10.1. The Kier molecular flexibility index (Phi) is 11.5. The predicted molar refractivity (Wildman–Crippen MR) is 74.9 cm³/mol. The van der Waals surface area contributed by atoms with Crippen molar-refractivity contribution in [1.29, 1.82) is 0 Å². The molecule has 112 valence electrons. The van der Waals surface area contributed by atoms with Crippen molar-refractivity contribution in [2.45, 2.75) is 38.6 Å². The van der Waals surface area contributed by atoms with Gasteiger partial charge in [-0.3, -0.25) is 9.59 Å². The van der Waals surface area contributed by atoms with E-state index in [0.717, 1.165) is 39.0 Å². The van der Waals surface area contributed by atoms with Gasteiger partial charge >= 0.3 is 0 Å². The van der Waals surface area contributed by atoms with E-state index >= 15 is 0 Å². The minimum Gasteiger partial charge on any atom is -0.385 e. The lowest BCUT2D eigenvalue weighted by molar-refractivity contribution is -0.125. The van der Waals surface area contributed by atoms with Crippen LogP contribution in [-0.2, 0) is 14.3 Å². The Bertz CT molecular complexity index is 260. The number of ketones is 1. The molecular formula is C13H27N3O3. The van der Waals surface area contributed by atoms with Crippen molar-refractivity contribution in [3.63, 3.8) is 0 Å². The zero-order valence-corrected chi connectivity index (χ0v) is 12.0. The van der Waals surface area contributed by atoms with Crippen molar-refractivity contribution in [3.05, 3.63) is 0 Å². The molecule has 6 nitrogen and oxygen atoms in total. The average molecular weight is 273 g/mol. The van der Waals surface area contributed by atoms with Crippen LogP contribution in [0.3, 0.4) is 0 Å². The molecule has 0 rings (SSSR count). The maximum Gasteiger partial charge on any atom is 0.237 e. The summed E-state index contributed by atoms with van der Waals surface area (Å²) in [7, 11) is 1.70. The first-order valence-electron chi connectivity index (χ1n) is 6.80. The molecule has 0 saturated heterocycles. The van der Waals surface area contributed by atoms with E-state index in [-0.39, 0.29) is 18.2 Å². The molecule has 4 N–H and O–H groups in total. The number of ether oxygens (including phenoxy) is 1. The molecule has 0 aromatic heterocycles. The van der Waals surface area contributed by atoms with Gasteiger partial charge in [0.05, 0.1) is 12.6 Å². The standard InChI is InChI=1S/C13H27N3O3/c1-11(17)10-16-13(18)12(14)6-5-8-15-7-3-4-9-19-2/h12,15H,3-10,14H2,1-2H3,(H,16,18). The summed E-state index contributed by atoms with van der Waals surface area (Å²) in [5.74, 6) is -0.325. The van der Waals surface area contributed by atoms with Gasteiger partial charge in [0.15, 0.2) is 0 Å². The van der Waals surface area contributed by atoms with Crippen LogP contribution in [0.15, 0.2) is 0 Å². The van der Waals surface area contributed by atoms with Crippen molar-refractivity contribution in [1.82, 2.24) is 10.6 Å². The summed E-state index contributed by atoms with van der Waals surface area (Å²) in [6.07, 6.45) is 3.60. The number of carbonyl (C=O) groups is 2. The van der Waals surface area contributed by atoms with E-state index in [1.54, 1.807) is 7.11 Å². The van der Waals surface area contributed by atoms with Crippen molar-refractivity contribution < 1.29 is 14.3 Å². The number of hydrogen-bond acceptors (Lipinski definition) is 5. The normalized spacial score (nSPS) is 12.2. The zero-order valence-electron chi connectivity index (χ0n) is 12.0. The summed E-state index contributed by atoms with van der Waals surface area (Å²) in [6, 6.07) is -0.533. The van der Waals surface area contributed by atoms with Crippen LogP contribution in [0.4, 0.5) is 0 Å². The minimum atomic E-state index is -0.533. The second-order valence-electron chi connectivity index (χ2n) is 4.62. The quantitative estimate of drug-likeness (QED) is 0.429. The van der Waals surface area contributed by atoms with E-state index < -0.39 is 6.04 Å². The molecule has 0 aromatic rings. The number of carbonyl (C=O) groups excluding carboxylic acids is 2. The molecule has 1 unspecified atom stereocenters. The molecule has 0 fully saturated rings. The van der Waals surface area contributed by atoms with E-state index in [1.807, 2.05) is 0 Å².